The van der Waals surface area contributed by atoms with E-state index in [1.807, 2.05) is 11.4 Å². The summed E-state index contributed by atoms with van der Waals surface area (Å²) in [5.74, 6) is 2.76. The van der Waals surface area contributed by atoms with Crippen LogP contribution in [0, 0.1) is 0 Å². The van der Waals surface area contributed by atoms with Crippen molar-refractivity contribution < 1.29 is 0 Å². The highest BCUT2D eigenvalue weighted by Crippen LogP contribution is 2.38. The van der Waals surface area contributed by atoms with Gasteiger partial charge in [-0.15, -0.1) is 16.4 Å². The zero-order chi connectivity index (χ0) is 13.5. The van der Waals surface area contributed by atoms with Crippen molar-refractivity contribution >= 4 is 33.3 Å². The van der Waals surface area contributed by atoms with E-state index < -0.39 is 0 Å². The summed E-state index contributed by atoms with van der Waals surface area (Å²) in [5, 5.41) is 9.73. The Morgan fingerprint density at radius 2 is 2.30 bits per heavy atom. The molecule has 0 bridgehead atoms. The first-order valence-electron chi connectivity index (χ1n) is 6.31. The third-order valence-electron chi connectivity index (χ3n) is 3.15. The molecule has 4 rings (SSSR count). The van der Waals surface area contributed by atoms with Gasteiger partial charge in [0.25, 0.3) is 5.56 Å². The summed E-state index contributed by atoms with van der Waals surface area (Å²) in [5.41, 5.74) is 0.678. The Bertz CT molecular complexity index is 816. The number of H-pyrrole nitrogens is 2. The molecule has 0 aromatic carbocycles. The fraction of sp³-hybridized carbons (Fsp3) is 0.333. The molecule has 3 aromatic rings. The van der Waals surface area contributed by atoms with Gasteiger partial charge in [-0.05, 0) is 24.3 Å². The van der Waals surface area contributed by atoms with E-state index in [2.05, 4.69) is 25.1 Å². The van der Waals surface area contributed by atoms with Crippen LogP contribution in [0.25, 0.3) is 10.2 Å². The minimum Gasteiger partial charge on any atom is -0.309 e. The molecule has 2 N–H and O–H groups in total. The van der Waals surface area contributed by atoms with Gasteiger partial charge >= 0.3 is 0 Å². The zero-order valence-corrected chi connectivity index (χ0v) is 12.1. The van der Waals surface area contributed by atoms with Crippen LogP contribution >= 0.6 is 23.1 Å². The van der Waals surface area contributed by atoms with E-state index in [-0.39, 0.29) is 5.56 Å². The molecule has 0 atom stereocenters. The summed E-state index contributed by atoms with van der Waals surface area (Å²) in [6.45, 7) is 0. The van der Waals surface area contributed by atoms with Crippen LogP contribution in [-0.2, 0) is 5.75 Å². The fourth-order valence-corrected chi connectivity index (χ4v) is 3.39. The monoisotopic (exact) mass is 305 g/mol. The fourth-order valence-electron chi connectivity index (χ4n) is 1.98. The van der Waals surface area contributed by atoms with Crippen molar-refractivity contribution in [2.24, 2.45) is 0 Å². The van der Waals surface area contributed by atoms with Crippen LogP contribution in [0.5, 0.6) is 0 Å². The molecule has 0 spiro atoms. The Labute approximate surface area is 122 Å². The van der Waals surface area contributed by atoms with Crippen molar-refractivity contribution in [2.75, 3.05) is 0 Å². The lowest BCUT2D eigenvalue weighted by molar-refractivity contribution is 0.931. The summed E-state index contributed by atoms with van der Waals surface area (Å²) in [6, 6.07) is 1.86. The van der Waals surface area contributed by atoms with Gasteiger partial charge in [0.15, 0.2) is 0 Å². The first-order valence-corrected chi connectivity index (χ1v) is 8.17. The van der Waals surface area contributed by atoms with Gasteiger partial charge in [-0.2, -0.15) is 0 Å². The molecule has 1 fully saturated rings. The molecule has 1 aliphatic rings. The van der Waals surface area contributed by atoms with Gasteiger partial charge in [-0.25, -0.2) is 9.97 Å². The smallest absolute Gasteiger partial charge is 0.268 e. The third-order valence-corrected chi connectivity index (χ3v) is 4.91. The number of aromatic nitrogens is 5. The van der Waals surface area contributed by atoms with E-state index in [9.17, 15) is 4.79 Å². The molecule has 1 aliphatic carbocycles. The number of thioether (sulfide) groups is 1. The van der Waals surface area contributed by atoms with Crippen LogP contribution in [0.2, 0.25) is 0 Å². The molecule has 8 heteroatoms. The Morgan fingerprint density at radius 3 is 3.15 bits per heavy atom. The van der Waals surface area contributed by atoms with Crippen molar-refractivity contribution in [3.05, 3.63) is 33.4 Å². The molecule has 3 heterocycles. The van der Waals surface area contributed by atoms with Crippen LogP contribution in [0.4, 0.5) is 0 Å². The summed E-state index contributed by atoms with van der Waals surface area (Å²) >= 11 is 2.88. The van der Waals surface area contributed by atoms with E-state index in [4.69, 9.17) is 0 Å². The second-order valence-corrected chi connectivity index (χ2v) is 6.57. The molecule has 20 heavy (non-hydrogen) atoms. The number of rotatable bonds is 4. The van der Waals surface area contributed by atoms with E-state index in [0.29, 0.717) is 27.4 Å². The van der Waals surface area contributed by atoms with E-state index in [1.54, 1.807) is 0 Å². The Hall–Kier alpha value is -1.67. The summed E-state index contributed by atoms with van der Waals surface area (Å²) in [4.78, 5) is 23.5. The molecule has 0 amide bonds. The number of fused-ring (bicyclic) bond motifs is 1. The van der Waals surface area contributed by atoms with E-state index in [0.717, 1.165) is 11.3 Å². The quantitative estimate of drug-likeness (QED) is 0.722. The molecule has 0 aliphatic heterocycles. The molecule has 1 saturated carbocycles. The largest absolute Gasteiger partial charge is 0.309 e. The molecule has 3 aromatic heterocycles. The van der Waals surface area contributed by atoms with E-state index in [1.165, 1.54) is 35.9 Å². The average molecular weight is 305 g/mol. The van der Waals surface area contributed by atoms with Crippen molar-refractivity contribution in [1.82, 2.24) is 25.1 Å². The normalized spacial score (nSPS) is 15.0. The minimum atomic E-state index is -0.0748. The first-order chi connectivity index (χ1) is 9.79. The predicted octanol–water partition coefficient (Wildman–Crippen LogP) is 2.27. The molecule has 102 valence electrons. The van der Waals surface area contributed by atoms with Crippen molar-refractivity contribution in [1.29, 1.82) is 0 Å². The van der Waals surface area contributed by atoms with Gasteiger partial charge in [0.05, 0.1) is 11.3 Å². The standard InChI is InChI=1S/C12H11N5OS2/c18-11-9-7(3-4-19-9)13-8(14-11)5-20-12-15-10(16-17-12)6-1-2-6/h3-4,6H,1-2,5H2,(H,13,14,18)(H,15,16,17). The second kappa shape index (κ2) is 4.71. The Morgan fingerprint density at radius 1 is 1.40 bits per heavy atom. The van der Waals surface area contributed by atoms with Gasteiger partial charge in [0.1, 0.15) is 16.3 Å². The zero-order valence-electron chi connectivity index (χ0n) is 10.4. The maximum Gasteiger partial charge on any atom is 0.268 e. The molecular formula is C12H11N5OS2. The van der Waals surface area contributed by atoms with Crippen LogP contribution in [-0.4, -0.2) is 25.1 Å². The predicted molar refractivity (Wildman–Crippen MR) is 78.2 cm³/mol. The van der Waals surface area contributed by atoms with Crippen LogP contribution in [0.1, 0.15) is 30.4 Å². The van der Waals surface area contributed by atoms with Crippen molar-refractivity contribution in [3.63, 3.8) is 0 Å². The number of thiophene rings is 1. The summed E-state index contributed by atoms with van der Waals surface area (Å²) < 4.78 is 0.674. The number of nitrogens with one attached hydrogen (secondary N) is 2. The van der Waals surface area contributed by atoms with E-state index >= 15 is 0 Å². The van der Waals surface area contributed by atoms with Crippen molar-refractivity contribution in [3.8, 4) is 0 Å². The highest BCUT2D eigenvalue weighted by Gasteiger charge is 2.27. The van der Waals surface area contributed by atoms with Crippen LogP contribution < -0.4 is 5.56 Å². The van der Waals surface area contributed by atoms with Gasteiger partial charge in [0.2, 0.25) is 5.16 Å². The number of hydrogen-bond acceptors (Lipinski definition) is 6. The molecule has 6 nitrogen and oxygen atoms in total. The second-order valence-electron chi connectivity index (χ2n) is 4.71. The Balaban J connectivity index is 1.53. The highest BCUT2D eigenvalue weighted by molar-refractivity contribution is 7.98. The van der Waals surface area contributed by atoms with Gasteiger partial charge in [-0.3, -0.25) is 9.89 Å². The number of nitrogens with zero attached hydrogens (tertiary/aromatic N) is 3. The van der Waals surface area contributed by atoms with Gasteiger partial charge in [-0.1, -0.05) is 11.8 Å². The number of aromatic amines is 2. The number of hydrogen-bond donors (Lipinski definition) is 2. The topological polar surface area (TPSA) is 87.3 Å². The Kier molecular flexibility index (Phi) is 2.85. The lowest BCUT2D eigenvalue weighted by Crippen LogP contribution is -2.09. The molecule has 0 radical (unpaired) electrons. The maximum atomic E-state index is 11.8. The lowest BCUT2D eigenvalue weighted by Gasteiger charge is -1.98. The molecule has 0 unspecified atom stereocenters. The lowest BCUT2D eigenvalue weighted by atomic mass is 10.4. The van der Waals surface area contributed by atoms with Crippen molar-refractivity contribution in [2.45, 2.75) is 29.7 Å². The molecule has 0 saturated heterocycles. The minimum absolute atomic E-state index is 0.0748. The first kappa shape index (κ1) is 12.1. The average Bonchev–Trinajstić information content (AvgIpc) is 3.00. The summed E-state index contributed by atoms with van der Waals surface area (Å²) in [6.07, 6.45) is 2.39. The maximum absolute atomic E-state index is 11.8. The third kappa shape index (κ3) is 2.25. The highest BCUT2D eigenvalue weighted by atomic mass is 32.2. The van der Waals surface area contributed by atoms with Gasteiger partial charge < -0.3 is 4.98 Å². The van der Waals surface area contributed by atoms with Crippen LogP contribution in [0.3, 0.4) is 0 Å². The SMILES string of the molecule is O=c1[nH]c(CSc2n[nH]c(C3CC3)n2)nc2ccsc12. The van der Waals surface area contributed by atoms with Crippen LogP contribution in [0.15, 0.2) is 21.4 Å². The summed E-state index contributed by atoms with van der Waals surface area (Å²) in [7, 11) is 0. The molecular weight excluding hydrogens is 294 g/mol. The van der Waals surface area contributed by atoms with Gasteiger partial charge in [0, 0.05) is 5.92 Å².